The van der Waals surface area contributed by atoms with Crippen LogP contribution in [-0.4, -0.2) is 12.8 Å². The van der Waals surface area contributed by atoms with Gasteiger partial charge < -0.3 is 5.32 Å². The number of hydrogen-bond donors (Lipinski definition) is 1. The first-order valence-corrected chi connectivity index (χ1v) is 7.93. The normalized spacial score (nSPS) is 11.6. The summed E-state index contributed by atoms with van der Waals surface area (Å²) in [6.07, 6.45) is -1.89. The summed E-state index contributed by atoms with van der Waals surface area (Å²) < 4.78 is 38.1. The van der Waals surface area contributed by atoms with Crippen LogP contribution in [0.1, 0.15) is 21.5 Å². The van der Waals surface area contributed by atoms with E-state index in [-0.39, 0.29) is 11.3 Å². The zero-order chi connectivity index (χ0) is 18.6. The lowest BCUT2D eigenvalue weighted by molar-refractivity contribution is -0.137. The number of nitrogens with one attached hydrogen (secondary N) is 1. The summed E-state index contributed by atoms with van der Waals surface area (Å²) in [7, 11) is 1.57. The highest BCUT2D eigenvalue weighted by atomic mass is 79.9. The zero-order valence-corrected chi connectivity index (χ0v) is 14.6. The molecule has 0 aliphatic carbocycles. The monoisotopic (exact) mass is 411 g/mol. The predicted molar refractivity (Wildman–Crippen MR) is 94.8 cm³/mol. The molecule has 7 heteroatoms. The molecule has 0 spiro atoms. The van der Waals surface area contributed by atoms with E-state index < -0.39 is 23.0 Å². The maximum atomic E-state index is 12.5. The minimum atomic E-state index is -4.41. The van der Waals surface area contributed by atoms with Crippen LogP contribution in [0.3, 0.4) is 0 Å². The van der Waals surface area contributed by atoms with Crippen molar-refractivity contribution in [3.05, 3.63) is 79.9 Å². The summed E-state index contributed by atoms with van der Waals surface area (Å²) in [6.45, 7) is 0. The van der Waals surface area contributed by atoms with Gasteiger partial charge in [0.25, 0.3) is 0 Å². The minimum Gasteiger partial charge on any atom is -0.385 e. The Morgan fingerprint density at radius 2 is 1.76 bits per heavy atom. The molecule has 2 aromatic rings. The SMILES string of the molecule is CNc1ccc(Br)cc(C(=O)/C=C\c2ccc(C(F)(F)F)cc2)c1=O. The highest BCUT2D eigenvalue weighted by Gasteiger charge is 2.29. The van der Waals surface area contributed by atoms with Gasteiger partial charge in [0.1, 0.15) is 0 Å². The molecule has 0 saturated heterocycles. The minimum absolute atomic E-state index is 0.0515. The standard InChI is InChI=1S/C18H13BrF3NO2/c1-23-15-8-7-13(19)10-14(17(15)25)16(24)9-4-11-2-5-12(6-3-11)18(20,21)22/h2-10H,1H3,(H,23,25)/b9-4-. The predicted octanol–water partition coefficient (Wildman–Crippen LogP) is 4.77. The first-order valence-electron chi connectivity index (χ1n) is 7.13. The number of benzene rings is 1. The van der Waals surface area contributed by atoms with Crippen molar-refractivity contribution in [3.63, 3.8) is 0 Å². The third kappa shape index (κ3) is 4.79. The number of hydrogen-bond acceptors (Lipinski definition) is 3. The van der Waals surface area contributed by atoms with Crippen molar-refractivity contribution >= 4 is 33.5 Å². The van der Waals surface area contributed by atoms with E-state index in [1.807, 2.05) is 0 Å². The second kappa shape index (κ2) is 7.65. The van der Waals surface area contributed by atoms with E-state index in [0.717, 1.165) is 18.2 Å². The molecule has 130 valence electrons. The van der Waals surface area contributed by atoms with Crippen LogP contribution in [0, 0.1) is 0 Å². The molecule has 0 amide bonds. The van der Waals surface area contributed by atoms with Crippen molar-refractivity contribution in [2.24, 2.45) is 0 Å². The Labute approximate surface area is 150 Å². The van der Waals surface area contributed by atoms with Gasteiger partial charge in [-0.1, -0.05) is 34.1 Å². The Hall–Kier alpha value is -2.41. The van der Waals surface area contributed by atoms with E-state index in [1.54, 1.807) is 19.2 Å². The van der Waals surface area contributed by atoms with Crippen molar-refractivity contribution in [3.8, 4) is 0 Å². The third-order valence-corrected chi connectivity index (χ3v) is 3.87. The number of halogens is 4. The topological polar surface area (TPSA) is 46.2 Å². The summed E-state index contributed by atoms with van der Waals surface area (Å²) in [4.78, 5) is 24.6. The number of rotatable bonds is 4. The lowest BCUT2D eigenvalue weighted by Crippen LogP contribution is -2.14. The Bertz CT molecular complexity index is 875. The fraction of sp³-hybridized carbons (Fsp3) is 0.111. The molecule has 0 bridgehead atoms. The number of carbonyl (C=O) groups is 1. The molecule has 3 nitrogen and oxygen atoms in total. The summed E-state index contributed by atoms with van der Waals surface area (Å²) in [5.74, 6) is -0.543. The Kier molecular flexibility index (Phi) is 5.79. The van der Waals surface area contributed by atoms with Gasteiger partial charge in [-0.15, -0.1) is 0 Å². The maximum Gasteiger partial charge on any atom is 0.416 e. The molecule has 0 atom stereocenters. The molecule has 0 fully saturated rings. The van der Waals surface area contributed by atoms with E-state index in [9.17, 15) is 22.8 Å². The lowest BCUT2D eigenvalue weighted by Gasteiger charge is -2.05. The van der Waals surface area contributed by atoms with Gasteiger partial charge in [-0.25, -0.2) is 0 Å². The van der Waals surface area contributed by atoms with Crippen LogP contribution in [0.15, 0.2) is 57.8 Å². The molecule has 0 aromatic heterocycles. The molecule has 0 aliphatic rings. The molecule has 0 aliphatic heterocycles. The molecule has 0 saturated carbocycles. The first kappa shape index (κ1) is 18.9. The van der Waals surface area contributed by atoms with Crippen LogP contribution in [0.5, 0.6) is 0 Å². The fourth-order valence-electron chi connectivity index (χ4n) is 2.06. The average molecular weight is 412 g/mol. The third-order valence-electron chi connectivity index (χ3n) is 3.38. The summed E-state index contributed by atoms with van der Waals surface area (Å²) in [5, 5.41) is 2.72. The quantitative estimate of drug-likeness (QED) is 0.582. The summed E-state index contributed by atoms with van der Waals surface area (Å²) in [5.41, 5.74) is -0.603. The van der Waals surface area contributed by atoms with E-state index >= 15 is 0 Å². The fourth-order valence-corrected chi connectivity index (χ4v) is 2.42. The highest BCUT2D eigenvalue weighted by molar-refractivity contribution is 9.10. The Morgan fingerprint density at radius 1 is 1.12 bits per heavy atom. The number of allylic oxidation sites excluding steroid dienone is 1. The second-order valence-corrected chi connectivity index (χ2v) is 6.00. The first-order chi connectivity index (χ1) is 11.7. The van der Waals surface area contributed by atoms with Crippen LogP contribution in [0.2, 0.25) is 0 Å². The maximum absolute atomic E-state index is 12.5. The molecule has 0 radical (unpaired) electrons. The Morgan fingerprint density at radius 3 is 2.32 bits per heavy atom. The smallest absolute Gasteiger partial charge is 0.385 e. The average Bonchev–Trinajstić information content (AvgIpc) is 2.71. The van der Waals surface area contributed by atoms with E-state index in [0.29, 0.717) is 10.0 Å². The Balaban J connectivity index is 2.31. The van der Waals surface area contributed by atoms with E-state index in [4.69, 9.17) is 0 Å². The van der Waals surface area contributed by atoms with Crippen LogP contribution >= 0.6 is 15.9 Å². The highest BCUT2D eigenvalue weighted by Crippen LogP contribution is 2.29. The zero-order valence-electron chi connectivity index (χ0n) is 13.0. The van der Waals surface area contributed by atoms with Gasteiger partial charge in [-0.3, -0.25) is 9.59 Å². The van der Waals surface area contributed by atoms with Gasteiger partial charge in [0.05, 0.1) is 16.8 Å². The molecule has 1 N–H and O–H groups in total. The second-order valence-electron chi connectivity index (χ2n) is 5.09. The molecule has 0 unspecified atom stereocenters. The largest absolute Gasteiger partial charge is 0.416 e. The van der Waals surface area contributed by atoms with Gasteiger partial charge in [-0.05, 0) is 42.0 Å². The van der Waals surface area contributed by atoms with Crippen molar-refractivity contribution in [2.75, 3.05) is 12.4 Å². The molecule has 2 aromatic carbocycles. The van der Waals surface area contributed by atoms with Crippen molar-refractivity contribution in [1.29, 1.82) is 0 Å². The number of carbonyl (C=O) groups excluding carboxylic acids is 1. The van der Waals surface area contributed by atoms with Gasteiger partial charge in [0.15, 0.2) is 5.78 Å². The van der Waals surface area contributed by atoms with Gasteiger partial charge in [0, 0.05) is 11.5 Å². The lowest BCUT2D eigenvalue weighted by atomic mass is 10.1. The van der Waals surface area contributed by atoms with E-state index in [1.165, 1.54) is 24.3 Å². The number of ketones is 1. The van der Waals surface area contributed by atoms with Crippen molar-refractivity contribution < 1.29 is 18.0 Å². The van der Waals surface area contributed by atoms with Gasteiger partial charge >= 0.3 is 6.18 Å². The van der Waals surface area contributed by atoms with Crippen LogP contribution in [0.25, 0.3) is 6.08 Å². The van der Waals surface area contributed by atoms with Crippen molar-refractivity contribution in [1.82, 2.24) is 0 Å². The van der Waals surface area contributed by atoms with Crippen LogP contribution in [0.4, 0.5) is 18.9 Å². The molecule has 25 heavy (non-hydrogen) atoms. The summed E-state index contributed by atoms with van der Waals surface area (Å²) >= 11 is 3.23. The number of alkyl halides is 3. The van der Waals surface area contributed by atoms with Gasteiger partial charge in [0.2, 0.25) is 5.43 Å². The van der Waals surface area contributed by atoms with Gasteiger partial charge in [-0.2, -0.15) is 13.2 Å². The molecular formula is C18H13BrF3NO2. The van der Waals surface area contributed by atoms with Crippen LogP contribution in [-0.2, 0) is 6.18 Å². The molecule has 0 heterocycles. The number of anilines is 1. The van der Waals surface area contributed by atoms with E-state index in [2.05, 4.69) is 21.2 Å². The molecular weight excluding hydrogens is 399 g/mol. The summed E-state index contributed by atoms with van der Waals surface area (Å²) in [6, 6.07) is 8.95. The van der Waals surface area contributed by atoms with Crippen LogP contribution < -0.4 is 10.7 Å². The van der Waals surface area contributed by atoms with Crippen molar-refractivity contribution in [2.45, 2.75) is 6.18 Å². The molecule has 2 rings (SSSR count).